The molecule has 3 rings (SSSR count). The molecule has 2 aromatic rings. The van der Waals surface area contributed by atoms with Gasteiger partial charge in [0.1, 0.15) is 0 Å². The third-order valence-corrected chi connectivity index (χ3v) is 25.2. The fraction of sp³-hybridized carbons (Fsp3) is 0.458. The van der Waals surface area contributed by atoms with E-state index in [9.17, 15) is 0 Å². The topological polar surface area (TPSA) is 30.5 Å². The quantitative estimate of drug-likeness (QED) is 0.282. The molecule has 0 saturated carbocycles. The molecule has 1 aliphatic rings. The van der Waals surface area contributed by atoms with Gasteiger partial charge >= 0.3 is 192 Å². The Kier molecular flexibility index (Phi) is 5.53. The summed E-state index contributed by atoms with van der Waals surface area (Å²) in [6.07, 6.45) is 0. The maximum absolute atomic E-state index is 7.87. The van der Waals surface area contributed by atoms with Gasteiger partial charge in [-0.2, -0.15) is 0 Å². The van der Waals surface area contributed by atoms with Crippen LogP contribution in [0.4, 0.5) is 0 Å². The minimum atomic E-state index is -6.51. The second kappa shape index (κ2) is 6.72. The summed E-state index contributed by atoms with van der Waals surface area (Å²) in [5.41, 5.74) is 3.92. The summed E-state index contributed by atoms with van der Waals surface area (Å²) < 4.78 is 22.6. The van der Waals surface area contributed by atoms with Crippen molar-refractivity contribution in [3.8, 4) is 11.1 Å². The predicted molar refractivity (Wildman–Crippen MR) is 137 cm³/mol. The first-order chi connectivity index (χ1) is 13.8. The third kappa shape index (κ3) is 5.19. The van der Waals surface area contributed by atoms with Gasteiger partial charge in [-0.1, -0.05) is 0 Å². The van der Waals surface area contributed by atoms with E-state index in [1.54, 1.807) is 0 Å². The van der Waals surface area contributed by atoms with Crippen LogP contribution in [0, 0.1) is 0 Å². The van der Waals surface area contributed by atoms with Crippen molar-refractivity contribution in [1.82, 2.24) is 3.26 Å². The molecule has 0 aromatic heterocycles. The van der Waals surface area contributed by atoms with E-state index in [4.69, 9.17) is 28.5 Å². The molecular formula is C24H37Cl2NO2SiZr. The van der Waals surface area contributed by atoms with E-state index in [2.05, 4.69) is 47.2 Å². The first-order valence-corrected chi connectivity index (χ1v) is 28.6. The van der Waals surface area contributed by atoms with E-state index in [1.807, 2.05) is 49.7 Å². The van der Waals surface area contributed by atoms with E-state index in [-0.39, 0.29) is 6.61 Å². The van der Waals surface area contributed by atoms with Crippen LogP contribution in [0.1, 0.15) is 35.5 Å². The Morgan fingerprint density at radius 1 is 0.935 bits per heavy atom. The van der Waals surface area contributed by atoms with Crippen LogP contribution in [0.3, 0.4) is 0 Å². The van der Waals surface area contributed by atoms with Gasteiger partial charge in [-0.15, -0.1) is 0 Å². The molecule has 0 spiro atoms. The van der Waals surface area contributed by atoms with Crippen molar-refractivity contribution in [3.63, 3.8) is 0 Å². The molecule has 2 aromatic carbocycles. The first-order valence-electron chi connectivity index (χ1n) is 11.0. The molecule has 172 valence electrons. The molecule has 1 N–H and O–H groups in total. The first kappa shape index (κ1) is 25.5. The second-order valence-corrected chi connectivity index (χ2v) is 53.0. The summed E-state index contributed by atoms with van der Waals surface area (Å²) in [5.74, 6) is 0. The molecule has 0 heterocycles. The Labute approximate surface area is 190 Å². The summed E-state index contributed by atoms with van der Waals surface area (Å²) in [6.45, 7) is 13.3. The average molecular weight is 562 g/mol. The summed E-state index contributed by atoms with van der Waals surface area (Å²) in [5, 5.41) is 0. The number of nitrogens with one attached hydrogen (secondary N) is 1. The van der Waals surface area contributed by atoms with E-state index in [0.29, 0.717) is 6.61 Å². The number of fused-ring (bicyclic) bond motifs is 3. The van der Waals surface area contributed by atoms with E-state index < -0.39 is 31.2 Å². The zero-order chi connectivity index (χ0) is 23.5. The van der Waals surface area contributed by atoms with Crippen molar-refractivity contribution in [2.45, 2.75) is 54.2 Å². The van der Waals surface area contributed by atoms with E-state index in [0.717, 1.165) is 22.3 Å². The standard InChI is InChI=1S/C13H9.C5H13O2Si.C4H10N.CH3.CH2.2ClH.Zr/c1-3-7-12-10(5-1)9-11-6-2-4-8-13(11)12;1-8(2,3)7-5-4-6;1-4(2,3)5;;;;;/h1-9H;4-5H2,1-3H3;5H,1-3H3;1H3;1H2;2*1H;/q;2*-1;;;;;+4/p-2. The van der Waals surface area contributed by atoms with Crippen molar-refractivity contribution >= 4 is 29.6 Å². The SMILES string of the molecule is [CH2]=[Zr]([CH3])([Cl])([Cl])([NH]C(C)(C)C)([O]CCO[Si](C)(C)C)[CH]1c2ccccc2-c2ccccc21. The molecule has 0 aliphatic heterocycles. The predicted octanol–water partition coefficient (Wildman–Crippen LogP) is 7.39. The third-order valence-electron chi connectivity index (χ3n) is 5.84. The molecule has 0 unspecified atom stereocenters. The van der Waals surface area contributed by atoms with Crippen LogP contribution in [0.2, 0.25) is 24.3 Å². The Hall–Kier alpha value is -0.130. The molecule has 0 saturated heterocycles. The zero-order valence-corrected chi connectivity index (χ0v) is 24.9. The van der Waals surface area contributed by atoms with Gasteiger partial charge in [0.25, 0.3) is 0 Å². The molecular weight excluding hydrogens is 524 g/mol. The molecule has 0 atom stereocenters. The zero-order valence-electron chi connectivity index (χ0n) is 19.9. The summed E-state index contributed by atoms with van der Waals surface area (Å²) in [6, 6.07) is 16.6. The Bertz CT molecular complexity index is 1090. The van der Waals surface area contributed by atoms with Crippen molar-refractivity contribution in [2.75, 3.05) is 13.2 Å². The Morgan fingerprint density at radius 2 is 1.39 bits per heavy atom. The molecule has 0 bridgehead atoms. The molecule has 31 heavy (non-hydrogen) atoms. The number of hydrogen-bond acceptors (Lipinski definition) is 3. The van der Waals surface area contributed by atoms with Crippen LogP contribution < -0.4 is 3.26 Å². The molecule has 0 radical (unpaired) electrons. The molecule has 1 aliphatic carbocycles. The molecule has 0 amide bonds. The van der Waals surface area contributed by atoms with Gasteiger partial charge in [0, 0.05) is 0 Å². The van der Waals surface area contributed by atoms with Gasteiger partial charge in [-0.25, -0.2) is 0 Å². The fourth-order valence-electron chi connectivity index (χ4n) is 5.44. The van der Waals surface area contributed by atoms with E-state index in [1.165, 1.54) is 0 Å². The number of benzene rings is 2. The van der Waals surface area contributed by atoms with Gasteiger partial charge < -0.3 is 0 Å². The number of halogens is 2. The molecule has 7 heteroatoms. The van der Waals surface area contributed by atoms with Crippen molar-refractivity contribution in [1.29, 1.82) is 0 Å². The van der Waals surface area contributed by atoms with Gasteiger partial charge in [0.15, 0.2) is 0 Å². The average Bonchev–Trinajstić information content (AvgIpc) is 2.92. The second-order valence-electron chi connectivity index (χ2n) is 12.1. The Balaban J connectivity index is 2.25. The van der Waals surface area contributed by atoms with Gasteiger partial charge in [0.2, 0.25) is 0 Å². The van der Waals surface area contributed by atoms with Crippen LogP contribution in [0.15, 0.2) is 48.5 Å². The normalized spacial score (nSPS) is 18.4. The molecule has 3 nitrogen and oxygen atoms in total. The molecule has 0 fully saturated rings. The van der Waals surface area contributed by atoms with Crippen molar-refractivity contribution < 1.29 is 20.9 Å². The van der Waals surface area contributed by atoms with Crippen LogP contribution in [-0.2, 0) is 20.9 Å². The number of rotatable bonds is 7. The number of hydrogen-bond donors (Lipinski definition) is 1. The monoisotopic (exact) mass is 559 g/mol. The van der Waals surface area contributed by atoms with Crippen LogP contribution >= 0.6 is 17.0 Å². The van der Waals surface area contributed by atoms with Gasteiger partial charge in [0.05, 0.1) is 0 Å². The van der Waals surface area contributed by atoms with Crippen molar-refractivity contribution in [2.24, 2.45) is 0 Å². The summed E-state index contributed by atoms with van der Waals surface area (Å²) >= 11 is -6.51. The van der Waals surface area contributed by atoms with Gasteiger partial charge in [-0.3, -0.25) is 0 Å². The van der Waals surface area contributed by atoms with Crippen LogP contribution in [-0.4, -0.2) is 31.3 Å². The fourth-order valence-corrected chi connectivity index (χ4v) is 28.9. The summed E-state index contributed by atoms with van der Waals surface area (Å²) in [7, 11) is 14.0. The van der Waals surface area contributed by atoms with Crippen molar-refractivity contribution in [3.05, 3.63) is 59.7 Å². The van der Waals surface area contributed by atoms with Gasteiger partial charge in [-0.05, 0) is 0 Å². The van der Waals surface area contributed by atoms with Crippen LogP contribution in [0.25, 0.3) is 11.1 Å². The van der Waals surface area contributed by atoms with E-state index >= 15 is 0 Å². The summed E-state index contributed by atoms with van der Waals surface area (Å²) in [4.78, 5) is 0. The maximum atomic E-state index is 7.87. The minimum absolute atomic E-state index is 0.267. The van der Waals surface area contributed by atoms with Crippen LogP contribution in [0.5, 0.6) is 0 Å². The Morgan fingerprint density at radius 3 is 1.81 bits per heavy atom.